The van der Waals surface area contributed by atoms with Gasteiger partial charge < -0.3 is 5.32 Å². The van der Waals surface area contributed by atoms with Crippen molar-refractivity contribution in [3.8, 4) is 0 Å². The van der Waals surface area contributed by atoms with Crippen LogP contribution in [0.25, 0.3) is 0 Å². The highest BCUT2D eigenvalue weighted by molar-refractivity contribution is 6.31. The van der Waals surface area contributed by atoms with Crippen LogP contribution in [0.2, 0.25) is 5.02 Å². The molecule has 100 valence electrons. The second-order valence-corrected chi connectivity index (χ2v) is 5.25. The van der Waals surface area contributed by atoms with E-state index >= 15 is 0 Å². The quantitative estimate of drug-likeness (QED) is 0.864. The monoisotopic (exact) mass is 273 g/mol. The highest BCUT2D eigenvalue weighted by Gasteiger charge is 2.14. The molecule has 0 fully saturated rings. The molecule has 2 aromatic rings. The lowest BCUT2D eigenvalue weighted by Gasteiger charge is -2.19. The highest BCUT2D eigenvalue weighted by atomic mass is 35.5. The normalized spacial score (nSPS) is 12.4. The third-order valence-electron chi connectivity index (χ3n) is 3.48. The number of rotatable bonds is 4. The van der Waals surface area contributed by atoms with Gasteiger partial charge in [0.05, 0.1) is 6.04 Å². The van der Waals surface area contributed by atoms with E-state index in [-0.39, 0.29) is 6.04 Å². The van der Waals surface area contributed by atoms with Crippen molar-refractivity contribution in [2.45, 2.75) is 26.3 Å². The van der Waals surface area contributed by atoms with Crippen LogP contribution in [-0.2, 0) is 6.42 Å². The van der Waals surface area contributed by atoms with Crippen molar-refractivity contribution < 1.29 is 0 Å². The Bertz CT molecular complexity index is 546. The van der Waals surface area contributed by atoms with Crippen LogP contribution in [0.15, 0.2) is 42.5 Å². The molecule has 0 radical (unpaired) electrons. The molecule has 0 aromatic heterocycles. The average molecular weight is 274 g/mol. The Labute approximate surface area is 120 Å². The summed E-state index contributed by atoms with van der Waals surface area (Å²) in [5, 5.41) is 4.17. The maximum Gasteiger partial charge on any atom is 0.0589 e. The van der Waals surface area contributed by atoms with Crippen LogP contribution in [0, 0.1) is 6.92 Å². The Balaban J connectivity index is 2.37. The van der Waals surface area contributed by atoms with Gasteiger partial charge in [0.2, 0.25) is 0 Å². The van der Waals surface area contributed by atoms with E-state index < -0.39 is 0 Å². The minimum absolute atomic E-state index is 0.138. The van der Waals surface area contributed by atoms with Gasteiger partial charge in [-0.1, -0.05) is 54.9 Å². The molecule has 0 heterocycles. The zero-order chi connectivity index (χ0) is 13.8. The van der Waals surface area contributed by atoms with E-state index in [2.05, 4.69) is 55.6 Å². The largest absolute Gasteiger partial charge is 0.309 e. The van der Waals surface area contributed by atoms with E-state index in [0.29, 0.717) is 0 Å². The standard InChI is InChI=1S/C17H20ClN/c1-4-13-6-8-14(9-7-13)17(19-3)15-10-5-12(2)11-16(15)18/h5-11,17,19H,4H2,1-3H3. The first-order chi connectivity index (χ1) is 9.15. The Morgan fingerprint density at radius 3 is 2.32 bits per heavy atom. The molecule has 1 N–H and O–H groups in total. The second kappa shape index (κ2) is 6.23. The molecule has 0 aliphatic heterocycles. The number of aryl methyl sites for hydroxylation is 2. The fraction of sp³-hybridized carbons (Fsp3) is 0.294. The smallest absolute Gasteiger partial charge is 0.0589 e. The van der Waals surface area contributed by atoms with Crippen molar-refractivity contribution in [2.24, 2.45) is 0 Å². The van der Waals surface area contributed by atoms with Gasteiger partial charge in [-0.25, -0.2) is 0 Å². The van der Waals surface area contributed by atoms with Gasteiger partial charge in [-0.3, -0.25) is 0 Å². The summed E-state index contributed by atoms with van der Waals surface area (Å²) in [5.74, 6) is 0. The van der Waals surface area contributed by atoms with Crippen molar-refractivity contribution in [1.82, 2.24) is 5.32 Å². The minimum atomic E-state index is 0.138. The third kappa shape index (κ3) is 3.17. The maximum atomic E-state index is 6.37. The molecule has 0 aliphatic carbocycles. The molecule has 1 unspecified atom stereocenters. The van der Waals surface area contributed by atoms with E-state index in [1.165, 1.54) is 16.7 Å². The summed E-state index contributed by atoms with van der Waals surface area (Å²) in [5.41, 5.74) is 4.91. The first kappa shape index (κ1) is 14.1. The number of hydrogen-bond acceptors (Lipinski definition) is 1. The van der Waals surface area contributed by atoms with E-state index in [1.54, 1.807) is 0 Å². The summed E-state index contributed by atoms with van der Waals surface area (Å²) < 4.78 is 0. The van der Waals surface area contributed by atoms with E-state index in [4.69, 9.17) is 11.6 Å². The Morgan fingerprint density at radius 1 is 1.11 bits per heavy atom. The van der Waals surface area contributed by atoms with E-state index in [0.717, 1.165) is 17.0 Å². The van der Waals surface area contributed by atoms with Gasteiger partial charge in [0, 0.05) is 5.02 Å². The predicted octanol–water partition coefficient (Wildman–Crippen LogP) is 4.52. The van der Waals surface area contributed by atoms with Crippen LogP contribution in [0.4, 0.5) is 0 Å². The van der Waals surface area contributed by atoms with Gasteiger partial charge in [-0.2, -0.15) is 0 Å². The first-order valence-corrected chi connectivity index (χ1v) is 7.05. The summed E-state index contributed by atoms with van der Waals surface area (Å²) >= 11 is 6.37. The van der Waals surface area contributed by atoms with Crippen LogP contribution in [0.3, 0.4) is 0 Å². The molecule has 0 saturated carbocycles. The Kier molecular flexibility index (Phi) is 4.62. The molecule has 0 saturated heterocycles. The van der Waals surface area contributed by atoms with E-state index in [9.17, 15) is 0 Å². The lowest BCUT2D eigenvalue weighted by atomic mass is 9.96. The number of halogens is 1. The van der Waals surface area contributed by atoms with Crippen LogP contribution in [-0.4, -0.2) is 7.05 Å². The van der Waals surface area contributed by atoms with Crippen LogP contribution < -0.4 is 5.32 Å². The average Bonchev–Trinajstić information content (AvgIpc) is 2.42. The molecule has 19 heavy (non-hydrogen) atoms. The summed E-state index contributed by atoms with van der Waals surface area (Å²) in [7, 11) is 1.97. The molecule has 2 heteroatoms. The third-order valence-corrected chi connectivity index (χ3v) is 3.80. The molecule has 2 aromatic carbocycles. The Hall–Kier alpha value is -1.31. The van der Waals surface area contributed by atoms with Gasteiger partial charge in [0.1, 0.15) is 0 Å². The molecule has 1 nitrogen and oxygen atoms in total. The molecule has 0 aliphatic rings. The maximum absolute atomic E-state index is 6.37. The van der Waals surface area contributed by atoms with Crippen molar-refractivity contribution in [1.29, 1.82) is 0 Å². The molecule has 0 bridgehead atoms. The molecule has 0 amide bonds. The van der Waals surface area contributed by atoms with Gasteiger partial charge in [0.15, 0.2) is 0 Å². The molecular weight excluding hydrogens is 254 g/mol. The Morgan fingerprint density at radius 2 is 1.79 bits per heavy atom. The van der Waals surface area contributed by atoms with Crippen molar-refractivity contribution in [3.63, 3.8) is 0 Å². The molecule has 2 rings (SSSR count). The second-order valence-electron chi connectivity index (χ2n) is 4.84. The van der Waals surface area contributed by atoms with Crippen LogP contribution >= 0.6 is 11.6 Å². The van der Waals surface area contributed by atoms with Gasteiger partial charge in [-0.05, 0) is 48.7 Å². The fourth-order valence-corrected chi connectivity index (χ4v) is 2.66. The zero-order valence-electron chi connectivity index (χ0n) is 11.7. The topological polar surface area (TPSA) is 12.0 Å². The molecule has 0 spiro atoms. The zero-order valence-corrected chi connectivity index (χ0v) is 12.5. The summed E-state index contributed by atoms with van der Waals surface area (Å²) in [6, 6.07) is 15.1. The lowest BCUT2D eigenvalue weighted by Crippen LogP contribution is -2.18. The van der Waals surface area contributed by atoms with Crippen molar-refractivity contribution in [2.75, 3.05) is 7.05 Å². The van der Waals surface area contributed by atoms with E-state index in [1.807, 2.05) is 13.1 Å². The van der Waals surface area contributed by atoms with Crippen molar-refractivity contribution in [3.05, 3.63) is 69.7 Å². The minimum Gasteiger partial charge on any atom is -0.309 e. The highest BCUT2D eigenvalue weighted by Crippen LogP contribution is 2.29. The van der Waals surface area contributed by atoms with Crippen LogP contribution in [0.1, 0.15) is 35.2 Å². The van der Waals surface area contributed by atoms with Gasteiger partial charge in [0.25, 0.3) is 0 Å². The van der Waals surface area contributed by atoms with Crippen molar-refractivity contribution >= 4 is 11.6 Å². The summed E-state index contributed by atoms with van der Waals surface area (Å²) in [4.78, 5) is 0. The SMILES string of the molecule is CCc1ccc(C(NC)c2ccc(C)cc2Cl)cc1. The number of hydrogen-bond donors (Lipinski definition) is 1. The fourth-order valence-electron chi connectivity index (χ4n) is 2.31. The molecular formula is C17H20ClN. The summed E-state index contributed by atoms with van der Waals surface area (Å²) in [6.07, 6.45) is 1.07. The van der Waals surface area contributed by atoms with Gasteiger partial charge >= 0.3 is 0 Å². The number of nitrogens with one attached hydrogen (secondary N) is 1. The summed E-state index contributed by atoms with van der Waals surface area (Å²) in [6.45, 7) is 4.22. The first-order valence-electron chi connectivity index (χ1n) is 6.68. The molecule has 1 atom stereocenters. The van der Waals surface area contributed by atoms with Gasteiger partial charge in [-0.15, -0.1) is 0 Å². The number of benzene rings is 2. The lowest BCUT2D eigenvalue weighted by molar-refractivity contribution is 0.691. The van der Waals surface area contributed by atoms with Crippen LogP contribution in [0.5, 0.6) is 0 Å². The predicted molar refractivity (Wildman–Crippen MR) is 82.9 cm³/mol.